The number of aliphatic hydroxyl groups excluding tert-OH is 1. The zero-order valence-electron chi connectivity index (χ0n) is 12.4. The number of para-hydroxylation sites is 1. The molecular formula is C16H26FNO2. The summed E-state index contributed by atoms with van der Waals surface area (Å²) in [6, 6.07) is 6.21. The van der Waals surface area contributed by atoms with E-state index in [-0.39, 0.29) is 12.4 Å². The number of unbranched alkanes of at least 4 members (excludes halogenated alkanes) is 1. The number of hydrogen-bond acceptors (Lipinski definition) is 3. The first-order chi connectivity index (χ1) is 9.59. The number of aliphatic hydroxyl groups is 1. The fourth-order valence-electron chi connectivity index (χ4n) is 1.88. The molecule has 1 aromatic carbocycles. The fourth-order valence-corrected chi connectivity index (χ4v) is 1.88. The van der Waals surface area contributed by atoms with E-state index in [0.29, 0.717) is 6.54 Å². The highest BCUT2D eigenvalue weighted by Crippen LogP contribution is 2.15. The molecule has 0 saturated carbocycles. The fraction of sp³-hybridized carbons (Fsp3) is 0.625. The summed E-state index contributed by atoms with van der Waals surface area (Å²) < 4.78 is 18.5. The standard InChI is InChI=1S/C16H26FNO2/c1-13(2)7-5-6-10-18-11-14(19)12-20-16-9-4-3-8-15(16)17/h3-4,8-9,13-14,18-19H,5-7,10-12H2,1-2H3. The van der Waals surface area contributed by atoms with Crippen molar-refractivity contribution < 1.29 is 14.2 Å². The van der Waals surface area contributed by atoms with E-state index in [9.17, 15) is 9.50 Å². The Morgan fingerprint density at radius 2 is 2.00 bits per heavy atom. The molecule has 0 saturated heterocycles. The highest BCUT2D eigenvalue weighted by Gasteiger charge is 2.07. The molecule has 1 unspecified atom stereocenters. The molecule has 114 valence electrons. The van der Waals surface area contributed by atoms with E-state index in [2.05, 4.69) is 19.2 Å². The van der Waals surface area contributed by atoms with Crippen molar-refractivity contribution in [3.05, 3.63) is 30.1 Å². The van der Waals surface area contributed by atoms with Crippen LogP contribution in [0.3, 0.4) is 0 Å². The first kappa shape index (κ1) is 16.9. The SMILES string of the molecule is CC(C)CCCCNCC(O)COc1ccccc1F. The molecule has 0 amide bonds. The van der Waals surface area contributed by atoms with Gasteiger partial charge < -0.3 is 15.2 Å². The van der Waals surface area contributed by atoms with Crippen molar-refractivity contribution in [3.8, 4) is 5.75 Å². The van der Waals surface area contributed by atoms with E-state index in [1.165, 1.54) is 18.9 Å². The Morgan fingerprint density at radius 1 is 1.25 bits per heavy atom. The van der Waals surface area contributed by atoms with Crippen molar-refractivity contribution in [1.82, 2.24) is 5.32 Å². The molecule has 1 atom stereocenters. The molecular weight excluding hydrogens is 257 g/mol. The van der Waals surface area contributed by atoms with Crippen LogP contribution in [0.4, 0.5) is 4.39 Å². The monoisotopic (exact) mass is 283 g/mol. The maximum atomic E-state index is 13.3. The van der Waals surface area contributed by atoms with Crippen molar-refractivity contribution in [2.75, 3.05) is 19.7 Å². The quantitative estimate of drug-likeness (QED) is 0.649. The van der Waals surface area contributed by atoms with Crippen molar-refractivity contribution in [1.29, 1.82) is 0 Å². The number of nitrogens with one attached hydrogen (secondary N) is 1. The van der Waals surface area contributed by atoms with Gasteiger partial charge in [0.15, 0.2) is 11.6 Å². The molecule has 0 spiro atoms. The lowest BCUT2D eigenvalue weighted by Crippen LogP contribution is -2.32. The molecule has 2 N–H and O–H groups in total. The average Bonchev–Trinajstić information content (AvgIpc) is 2.41. The Bertz CT molecular complexity index is 371. The number of rotatable bonds is 10. The lowest BCUT2D eigenvalue weighted by molar-refractivity contribution is 0.104. The average molecular weight is 283 g/mol. The van der Waals surface area contributed by atoms with Crippen LogP contribution in [0.1, 0.15) is 33.1 Å². The number of halogens is 1. The topological polar surface area (TPSA) is 41.5 Å². The molecule has 0 bridgehead atoms. The minimum Gasteiger partial charge on any atom is -0.488 e. The van der Waals surface area contributed by atoms with Gasteiger partial charge in [-0.25, -0.2) is 4.39 Å². The van der Waals surface area contributed by atoms with Crippen LogP contribution in [0.2, 0.25) is 0 Å². The number of hydrogen-bond donors (Lipinski definition) is 2. The molecule has 4 heteroatoms. The van der Waals surface area contributed by atoms with Crippen LogP contribution in [-0.4, -0.2) is 30.9 Å². The number of benzene rings is 1. The van der Waals surface area contributed by atoms with E-state index in [1.807, 2.05) is 0 Å². The highest BCUT2D eigenvalue weighted by atomic mass is 19.1. The summed E-state index contributed by atoms with van der Waals surface area (Å²) in [7, 11) is 0. The van der Waals surface area contributed by atoms with Crippen LogP contribution in [0.5, 0.6) is 5.75 Å². The molecule has 0 aliphatic carbocycles. The van der Waals surface area contributed by atoms with Crippen molar-refractivity contribution in [2.24, 2.45) is 5.92 Å². The zero-order valence-corrected chi connectivity index (χ0v) is 12.4. The summed E-state index contributed by atoms with van der Waals surface area (Å²) in [5.74, 6) is 0.527. The first-order valence-electron chi connectivity index (χ1n) is 7.35. The maximum absolute atomic E-state index is 13.3. The molecule has 0 aromatic heterocycles. The van der Waals surface area contributed by atoms with Crippen LogP contribution in [0.25, 0.3) is 0 Å². The molecule has 0 heterocycles. The molecule has 0 aliphatic heterocycles. The molecule has 0 radical (unpaired) electrons. The van der Waals surface area contributed by atoms with Gasteiger partial charge in [0, 0.05) is 6.54 Å². The lowest BCUT2D eigenvalue weighted by atomic mass is 10.1. The van der Waals surface area contributed by atoms with Crippen molar-refractivity contribution in [3.63, 3.8) is 0 Å². The van der Waals surface area contributed by atoms with Gasteiger partial charge in [0.05, 0.1) is 0 Å². The van der Waals surface area contributed by atoms with Gasteiger partial charge in [-0.15, -0.1) is 0 Å². The highest BCUT2D eigenvalue weighted by molar-refractivity contribution is 5.23. The Hall–Kier alpha value is -1.13. The smallest absolute Gasteiger partial charge is 0.165 e. The molecule has 3 nitrogen and oxygen atoms in total. The minimum absolute atomic E-state index is 0.0972. The van der Waals surface area contributed by atoms with E-state index in [1.54, 1.807) is 18.2 Å². The van der Waals surface area contributed by atoms with E-state index in [0.717, 1.165) is 18.9 Å². The van der Waals surface area contributed by atoms with Crippen LogP contribution < -0.4 is 10.1 Å². The normalized spacial score (nSPS) is 12.7. The molecule has 0 aliphatic rings. The lowest BCUT2D eigenvalue weighted by Gasteiger charge is -2.13. The third-order valence-electron chi connectivity index (χ3n) is 3.03. The van der Waals surface area contributed by atoms with Crippen LogP contribution in [0, 0.1) is 11.7 Å². The third-order valence-corrected chi connectivity index (χ3v) is 3.03. The van der Waals surface area contributed by atoms with E-state index in [4.69, 9.17) is 4.74 Å². The van der Waals surface area contributed by atoms with Gasteiger partial charge in [-0.2, -0.15) is 0 Å². The van der Waals surface area contributed by atoms with Crippen molar-refractivity contribution >= 4 is 0 Å². The molecule has 1 rings (SSSR count). The minimum atomic E-state index is -0.625. The predicted molar refractivity (Wildman–Crippen MR) is 79.5 cm³/mol. The van der Waals surface area contributed by atoms with E-state index >= 15 is 0 Å². The first-order valence-corrected chi connectivity index (χ1v) is 7.35. The largest absolute Gasteiger partial charge is 0.488 e. The van der Waals surface area contributed by atoms with Gasteiger partial charge in [-0.05, 0) is 31.0 Å². The van der Waals surface area contributed by atoms with Crippen molar-refractivity contribution in [2.45, 2.75) is 39.2 Å². The Labute approximate surface area is 121 Å². The van der Waals surface area contributed by atoms with Gasteiger partial charge in [0.1, 0.15) is 12.7 Å². The second-order valence-corrected chi connectivity index (χ2v) is 5.49. The summed E-state index contributed by atoms with van der Waals surface area (Å²) in [4.78, 5) is 0. The third kappa shape index (κ3) is 7.46. The van der Waals surface area contributed by atoms with Gasteiger partial charge >= 0.3 is 0 Å². The summed E-state index contributed by atoms with van der Waals surface area (Å²) in [6.45, 7) is 5.90. The Balaban J connectivity index is 2.06. The summed E-state index contributed by atoms with van der Waals surface area (Å²) in [6.07, 6.45) is 2.92. The van der Waals surface area contributed by atoms with Gasteiger partial charge in [0.25, 0.3) is 0 Å². The number of ether oxygens (including phenoxy) is 1. The Morgan fingerprint density at radius 3 is 2.70 bits per heavy atom. The van der Waals surface area contributed by atoms with Gasteiger partial charge in [-0.1, -0.05) is 38.8 Å². The molecule has 20 heavy (non-hydrogen) atoms. The maximum Gasteiger partial charge on any atom is 0.165 e. The second-order valence-electron chi connectivity index (χ2n) is 5.49. The Kier molecular flexibility index (Phi) is 8.23. The van der Waals surface area contributed by atoms with Crippen LogP contribution in [-0.2, 0) is 0 Å². The molecule has 0 fully saturated rings. The zero-order chi connectivity index (χ0) is 14.8. The van der Waals surface area contributed by atoms with E-state index < -0.39 is 11.9 Å². The van der Waals surface area contributed by atoms with Crippen LogP contribution in [0.15, 0.2) is 24.3 Å². The second kappa shape index (κ2) is 9.72. The van der Waals surface area contributed by atoms with Gasteiger partial charge in [-0.3, -0.25) is 0 Å². The van der Waals surface area contributed by atoms with Gasteiger partial charge in [0.2, 0.25) is 0 Å². The predicted octanol–water partition coefficient (Wildman–Crippen LogP) is 2.98. The molecule has 1 aromatic rings. The summed E-state index contributed by atoms with van der Waals surface area (Å²) in [5, 5.41) is 12.9. The summed E-state index contributed by atoms with van der Waals surface area (Å²) >= 11 is 0. The van der Waals surface area contributed by atoms with Crippen LogP contribution >= 0.6 is 0 Å². The summed E-state index contributed by atoms with van der Waals surface area (Å²) in [5.41, 5.74) is 0.